The van der Waals surface area contributed by atoms with Gasteiger partial charge in [0, 0.05) is 22.8 Å². The van der Waals surface area contributed by atoms with Crippen LogP contribution in [-0.4, -0.2) is 27.9 Å². The molecule has 2 heterocycles. The maximum absolute atomic E-state index is 13.6. The van der Waals surface area contributed by atoms with E-state index in [2.05, 4.69) is 25.9 Å². The van der Waals surface area contributed by atoms with E-state index in [9.17, 15) is 9.59 Å². The molecule has 1 saturated heterocycles. The lowest BCUT2D eigenvalue weighted by molar-refractivity contribution is -0.113. The van der Waals surface area contributed by atoms with Crippen molar-refractivity contribution in [2.75, 3.05) is 4.90 Å². The van der Waals surface area contributed by atoms with Crippen LogP contribution < -0.4 is 4.90 Å². The van der Waals surface area contributed by atoms with E-state index >= 15 is 0 Å². The highest BCUT2D eigenvalue weighted by Gasteiger charge is 2.60. The molecule has 3 aromatic rings. The Bertz CT molecular complexity index is 1550. The number of benzene rings is 2. The lowest BCUT2D eigenvalue weighted by atomic mass is 9.70. The van der Waals surface area contributed by atoms with Gasteiger partial charge in [0.1, 0.15) is 11.5 Å². The zero-order chi connectivity index (χ0) is 27.4. The summed E-state index contributed by atoms with van der Waals surface area (Å²) in [6, 6.07) is 19.6. The number of anilines is 1. The summed E-state index contributed by atoms with van der Waals surface area (Å²) in [5.74, 6) is 0.557. The highest BCUT2D eigenvalue weighted by Crippen LogP contribution is 2.64. The van der Waals surface area contributed by atoms with Crippen molar-refractivity contribution in [1.82, 2.24) is 0 Å². The number of carbonyl (C=O) groups excluding carboxylic acids is 1. The lowest BCUT2D eigenvalue weighted by Gasteiger charge is -2.34. The lowest BCUT2D eigenvalue weighted by Crippen LogP contribution is -2.32. The van der Waals surface area contributed by atoms with Crippen molar-refractivity contribution in [3.8, 4) is 11.3 Å². The van der Waals surface area contributed by atoms with E-state index in [1.807, 2.05) is 30.3 Å². The largest absolute Gasteiger partial charge is 0.478 e. The number of carboxylic acids is 1. The SMILES string of the molecule is CC12CCC(CC1=NN=C1SC(=Cc3ccc(-c4ccc(C(=O)O)cc4)o3)C(=O)N1c1ccccc1)C2(C)C. The van der Waals surface area contributed by atoms with Crippen molar-refractivity contribution in [3.63, 3.8) is 0 Å². The molecule has 2 bridgehead atoms. The average Bonchev–Trinajstić information content (AvgIpc) is 3.62. The minimum Gasteiger partial charge on any atom is -0.478 e. The zero-order valence-corrected chi connectivity index (χ0v) is 22.9. The van der Waals surface area contributed by atoms with Crippen LogP contribution in [0.2, 0.25) is 0 Å². The number of hydrogen-bond donors (Lipinski definition) is 1. The fourth-order valence-electron chi connectivity index (χ4n) is 6.02. The number of rotatable bonds is 5. The van der Waals surface area contributed by atoms with E-state index < -0.39 is 5.97 Å². The molecule has 2 aliphatic carbocycles. The number of hydrogen-bond acceptors (Lipinski definition) is 6. The standard InChI is InChI=1S/C31H29N3O4S/c1-30(2)21-15-16-31(30,3)26(17-21)32-33-29-34(22-7-5-4-6-8-22)27(35)25(39-29)18-23-13-14-24(38-23)19-9-11-20(12-10-19)28(36)37/h4-14,18,21H,15-17H2,1-3H3,(H,36,37). The first kappa shape index (κ1) is 25.4. The number of thioether (sulfide) groups is 1. The highest BCUT2D eigenvalue weighted by molar-refractivity contribution is 8.19. The summed E-state index contributed by atoms with van der Waals surface area (Å²) in [4.78, 5) is 26.8. The van der Waals surface area contributed by atoms with Gasteiger partial charge in [-0.25, -0.2) is 4.79 Å². The van der Waals surface area contributed by atoms with Crippen LogP contribution in [0.4, 0.5) is 5.69 Å². The first-order valence-corrected chi connectivity index (χ1v) is 13.9. The van der Waals surface area contributed by atoms with Crippen LogP contribution in [0.15, 0.2) is 86.3 Å². The summed E-state index contributed by atoms with van der Waals surface area (Å²) >= 11 is 1.28. The van der Waals surface area contributed by atoms with Gasteiger partial charge in [0.25, 0.3) is 5.91 Å². The Morgan fingerprint density at radius 1 is 1.05 bits per heavy atom. The summed E-state index contributed by atoms with van der Waals surface area (Å²) in [7, 11) is 0. The topological polar surface area (TPSA) is 95.5 Å². The van der Waals surface area contributed by atoms with Crippen molar-refractivity contribution in [1.29, 1.82) is 0 Å². The molecule has 8 heteroatoms. The Kier molecular flexibility index (Phi) is 6.10. The third-order valence-electron chi connectivity index (χ3n) is 8.91. The molecule has 2 aromatic carbocycles. The summed E-state index contributed by atoms with van der Waals surface area (Å²) in [5.41, 5.74) is 3.04. The number of aromatic carboxylic acids is 1. The molecule has 0 spiro atoms. The van der Waals surface area contributed by atoms with Gasteiger partial charge in [-0.05, 0) is 78.8 Å². The number of fused-ring (bicyclic) bond motifs is 2. The predicted octanol–water partition coefficient (Wildman–Crippen LogP) is 7.32. The van der Waals surface area contributed by atoms with Crippen LogP contribution in [0.25, 0.3) is 17.4 Å². The van der Waals surface area contributed by atoms with E-state index in [1.54, 1.807) is 35.2 Å². The van der Waals surface area contributed by atoms with Crippen LogP contribution in [0.5, 0.6) is 0 Å². The predicted molar refractivity (Wildman–Crippen MR) is 155 cm³/mol. The molecule has 1 aromatic heterocycles. The molecule has 6 rings (SSSR count). The summed E-state index contributed by atoms with van der Waals surface area (Å²) in [6.45, 7) is 6.98. The third kappa shape index (κ3) is 4.23. The summed E-state index contributed by atoms with van der Waals surface area (Å²) < 4.78 is 5.99. The molecule has 1 amide bonds. The van der Waals surface area contributed by atoms with Crippen molar-refractivity contribution in [2.45, 2.75) is 40.0 Å². The molecular formula is C31H29N3O4S. The number of carbonyl (C=O) groups is 2. The normalized spacial score (nSPS) is 26.8. The van der Waals surface area contributed by atoms with Gasteiger partial charge < -0.3 is 9.52 Å². The number of furan rings is 1. The second kappa shape index (κ2) is 9.38. The first-order chi connectivity index (χ1) is 18.7. The molecule has 1 N–H and O–H groups in total. The monoisotopic (exact) mass is 539 g/mol. The molecule has 1 aliphatic heterocycles. The second-order valence-corrected chi connectivity index (χ2v) is 12.1. The molecule has 0 radical (unpaired) electrons. The quantitative estimate of drug-likeness (QED) is 0.271. The molecule has 198 valence electrons. The van der Waals surface area contributed by atoms with Gasteiger partial charge in [-0.3, -0.25) is 9.69 Å². The Balaban J connectivity index is 1.31. The van der Waals surface area contributed by atoms with E-state index in [4.69, 9.17) is 14.6 Å². The number of carboxylic acid groups (broad SMARTS) is 1. The number of para-hydroxylation sites is 1. The summed E-state index contributed by atoms with van der Waals surface area (Å²) in [5, 5.41) is 19.1. The van der Waals surface area contributed by atoms with Crippen LogP contribution in [-0.2, 0) is 4.79 Å². The number of amides is 1. The fraction of sp³-hybridized carbons (Fsp3) is 0.290. The van der Waals surface area contributed by atoms with E-state index in [-0.39, 0.29) is 22.3 Å². The maximum atomic E-state index is 13.6. The average molecular weight is 540 g/mol. The fourth-order valence-corrected chi connectivity index (χ4v) is 6.93. The van der Waals surface area contributed by atoms with Crippen molar-refractivity contribution in [3.05, 3.63) is 83.0 Å². The van der Waals surface area contributed by atoms with Gasteiger partial charge >= 0.3 is 5.97 Å². The molecule has 2 atom stereocenters. The molecule has 2 saturated carbocycles. The molecule has 39 heavy (non-hydrogen) atoms. The molecular weight excluding hydrogens is 510 g/mol. The molecule has 3 fully saturated rings. The van der Waals surface area contributed by atoms with Gasteiger partial charge in [-0.2, -0.15) is 5.10 Å². The minimum absolute atomic E-state index is 0.0263. The molecule has 3 aliphatic rings. The highest BCUT2D eigenvalue weighted by atomic mass is 32.2. The van der Waals surface area contributed by atoms with Gasteiger partial charge in [0.05, 0.1) is 16.2 Å². The van der Waals surface area contributed by atoms with Gasteiger partial charge in [0.15, 0.2) is 0 Å². The van der Waals surface area contributed by atoms with Crippen LogP contribution in [0.1, 0.15) is 56.2 Å². The number of amidine groups is 1. The van der Waals surface area contributed by atoms with E-state index in [1.165, 1.54) is 30.3 Å². The Labute approximate surface area is 231 Å². The second-order valence-electron chi connectivity index (χ2n) is 11.1. The van der Waals surface area contributed by atoms with Gasteiger partial charge in [-0.1, -0.05) is 51.1 Å². The van der Waals surface area contributed by atoms with E-state index in [0.29, 0.717) is 27.5 Å². The van der Waals surface area contributed by atoms with E-state index in [0.717, 1.165) is 29.8 Å². The smallest absolute Gasteiger partial charge is 0.335 e. The van der Waals surface area contributed by atoms with Gasteiger partial charge in [0.2, 0.25) is 5.17 Å². The van der Waals surface area contributed by atoms with Crippen LogP contribution in [0, 0.1) is 16.7 Å². The van der Waals surface area contributed by atoms with Gasteiger partial charge in [-0.15, -0.1) is 5.10 Å². The van der Waals surface area contributed by atoms with Crippen molar-refractivity contribution in [2.24, 2.45) is 27.0 Å². The zero-order valence-electron chi connectivity index (χ0n) is 22.0. The maximum Gasteiger partial charge on any atom is 0.335 e. The molecule has 7 nitrogen and oxygen atoms in total. The first-order valence-electron chi connectivity index (χ1n) is 13.0. The van der Waals surface area contributed by atoms with Crippen LogP contribution in [0.3, 0.4) is 0 Å². The van der Waals surface area contributed by atoms with Crippen molar-refractivity contribution >= 4 is 46.3 Å². The Morgan fingerprint density at radius 3 is 2.44 bits per heavy atom. The summed E-state index contributed by atoms with van der Waals surface area (Å²) in [6.07, 6.45) is 5.02. The van der Waals surface area contributed by atoms with Crippen LogP contribution >= 0.6 is 11.8 Å². The van der Waals surface area contributed by atoms with Crippen molar-refractivity contribution < 1.29 is 19.1 Å². The Morgan fingerprint density at radius 2 is 1.79 bits per heavy atom. The number of nitrogens with zero attached hydrogens (tertiary/aromatic N) is 3. The minimum atomic E-state index is -0.980. The third-order valence-corrected chi connectivity index (χ3v) is 9.86. The molecule has 2 unspecified atom stereocenters. The Hall–Kier alpha value is -3.91.